The summed E-state index contributed by atoms with van der Waals surface area (Å²) < 4.78 is 22.4. The molecule has 6 rings (SSSR count). The second-order valence-electron chi connectivity index (χ2n) is 8.90. The highest BCUT2D eigenvalue weighted by Gasteiger charge is 2.22. The van der Waals surface area contributed by atoms with Crippen molar-refractivity contribution in [2.45, 2.75) is 6.92 Å². The molecule has 36 heavy (non-hydrogen) atoms. The van der Waals surface area contributed by atoms with Gasteiger partial charge in [0.15, 0.2) is 0 Å². The number of hydrogen-bond acceptors (Lipinski definition) is 3. The van der Waals surface area contributed by atoms with Gasteiger partial charge in [-0.25, -0.2) is 4.57 Å². The summed E-state index contributed by atoms with van der Waals surface area (Å²) in [5, 5.41) is 11.5. The van der Waals surface area contributed by atoms with Crippen molar-refractivity contribution in [2.24, 2.45) is 7.05 Å². The molecule has 172 valence electrons. The van der Waals surface area contributed by atoms with Gasteiger partial charge in [-0.1, -0.05) is 66.7 Å². The summed E-state index contributed by atoms with van der Waals surface area (Å²) in [5.74, 6) is -0.554. The van der Waals surface area contributed by atoms with Crippen LogP contribution in [0.1, 0.15) is 11.1 Å². The first-order valence-corrected chi connectivity index (χ1v) is 11.6. The van der Waals surface area contributed by atoms with E-state index in [-0.39, 0.29) is 0 Å². The van der Waals surface area contributed by atoms with Crippen molar-refractivity contribution in [1.29, 1.82) is 5.26 Å². The van der Waals surface area contributed by atoms with Crippen LogP contribution in [-0.2, 0) is 7.05 Å². The summed E-state index contributed by atoms with van der Waals surface area (Å²) in [6.07, 6.45) is 1.46. The Morgan fingerprint density at radius 2 is 1.56 bits per heavy atom. The number of fused-ring (bicyclic) bond motifs is 3. The van der Waals surface area contributed by atoms with E-state index in [1.165, 1.54) is 12.4 Å². The molecule has 0 radical (unpaired) electrons. The fourth-order valence-electron chi connectivity index (χ4n) is 4.81. The fraction of sp³-hybridized carbons (Fsp3) is 0.0645. The number of nitriles is 1. The number of nitrogens with zero attached hydrogens (tertiary/aromatic N) is 3. The Kier molecular flexibility index (Phi) is 5.09. The van der Waals surface area contributed by atoms with Crippen LogP contribution in [0.2, 0.25) is 0 Å². The molecule has 0 bridgehead atoms. The summed E-state index contributed by atoms with van der Waals surface area (Å²) in [5.41, 5.74) is 8.37. The summed E-state index contributed by atoms with van der Waals surface area (Å²) in [7, 11) is 1.83. The Balaban J connectivity index is 1.61. The highest BCUT2D eigenvalue weighted by Crippen LogP contribution is 2.41. The molecule has 5 heteroatoms. The van der Waals surface area contributed by atoms with Crippen molar-refractivity contribution >= 4 is 21.9 Å². The van der Waals surface area contributed by atoms with E-state index in [9.17, 15) is 9.65 Å². The molecule has 0 N–H and O–H groups in total. The number of hydrogen-bond donors (Lipinski definition) is 0. The van der Waals surface area contributed by atoms with Gasteiger partial charge in [-0.2, -0.15) is 9.65 Å². The van der Waals surface area contributed by atoms with Crippen LogP contribution in [0, 0.1) is 24.2 Å². The van der Waals surface area contributed by atoms with E-state index in [1.54, 1.807) is 4.57 Å². The monoisotopic (exact) mass is 470 g/mol. The van der Waals surface area contributed by atoms with Gasteiger partial charge in [-0.3, -0.25) is 0 Å². The van der Waals surface area contributed by atoms with Gasteiger partial charge in [0, 0.05) is 16.3 Å². The predicted octanol–water partition coefficient (Wildman–Crippen LogP) is 7.13. The summed E-state index contributed by atoms with van der Waals surface area (Å²) >= 11 is 0. The molecule has 4 nitrogen and oxygen atoms in total. The SMILES string of the molecule is Cc1ccc2c(oc3c(-c4ccc(-c5ccccc5)cc4)cc(C#N)cc32)c1-c1cc(F)nc[n+]1C. The summed E-state index contributed by atoms with van der Waals surface area (Å²) in [6.45, 7) is 1.98. The smallest absolute Gasteiger partial charge is 0.325 e. The van der Waals surface area contributed by atoms with Crippen molar-refractivity contribution in [3.05, 3.63) is 108 Å². The molecule has 2 heterocycles. The van der Waals surface area contributed by atoms with Gasteiger partial charge in [-0.05, 0) is 46.3 Å². The van der Waals surface area contributed by atoms with Gasteiger partial charge >= 0.3 is 5.95 Å². The Bertz CT molecular complexity index is 1810. The van der Waals surface area contributed by atoms with E-state index in [0.29, 0.717) is 22.4 Å². The molecule has 0 amide bonds. The molecule has 0 aliphatic heterocycles. The Morgan fingerprint density at radius 3 is 2.31 bits per heavy atom. The number of aromatic nitrogens is 2. The van der Waals surface area contributed by atoms with Gasteiger partial charge in [0.05, 0.1) is 30.3 Å². The molecule has 0 fully saturated rings. The largest absolute Gasteiger partial charge is 0.455 e. The highest BCUT2D eigenvalue weighted by molar-refractivity contribution is 6.13. The third-order valence-corrected chi connectivity index (χ3v) is 6.63. The molecule has 6 aromatic rings. The molecular formula is C31H21FN3O+. The van der Waals surface area contributed by atoms with Crippen molar-refractivity contribution in [1.82, 2.24) is 4.98 Å². The number of aryl methyl sites for hydroxylation is 2. The Hall–Kier alpha value is -4.82. The normalized spacial score (nSPS) is 11.2. The molecule has 0 atom stereocenters. The lowest BCUT2D eigenvalue weighted by Gasteiger charge is -2.07. The molecule has 0 unspecified atom stereocenters. The van der Waals surface area contributed by atoms with E-state index in [4.69, 9.17) is 4.42 Å². The molecule has 0 aliphatic carbocycles. The first kappa shape index (κ1) is 21.7. The Morgan fingerprint density at radius 1 is 0.833 bits per heavy atom. The third-order valence-electron chi connectivity index (χ3n) is 6.63. The molecule has 0 spiro atoms. The quantitative estimate of drug-likeness (QED) is 0.204. The maximum absolute atomic E-state index is 14.1. The van der Waals surface area contributed by atoms with Crippen LogP contribution in [0.4, 0.5) is 4.39 Å². The van der Waals surface area contributed by atoms with E-state index in [2.05, 4.69) is 47.5 Å². The first-order chi connectivity index (χ1) is 17.5. The summed E-state index contributed by atoms with van der Waals surface area (Å²) in [6, 6.07) is 29.9. The minimum Gasteiger partial charge on any atom is -0.455 e. The average Bonchev–Trinajstić information content (AvgIpc) is 3.28. The van der Waals surface area contributed by atoms with Crippen LogP contribution in [0.5, 0.6) is 0 Å². The highest BCUT2D eigenvalue weighted by atomic mass is 19.1. The van der Waals surface area contributed by atoms with Crippen molar-refractivity contribution in [2.75, 3.05) is 0 Å². The van der Waals surface area contributed by atoms with Crippen LogP contribution in [-0.4, -0.2) is 4.98 Å². The third kappa shape index (κ3) is 3.52. The number of rotatable bonds is 3. The maximum atomic E-state index is 14.1. The van der Waals surface area contributed by atoms with Crippen LogP contribution in [0.3, 0.4) is 0 Å². The zero-order valence-electron chi connectivity index (χ0n) is 19.8. The van der Waals surface area contributed by atoms with Gasteiger partial charge in [0.25, 0.3) is 6.33 Å². The van der Waals surface area contributed by atoms with Gasteiger partial charge in [0.2, 0.25) is 0 Å². The van der Waals surface area contributed by atoms with E-state index in [1.807, 2.05) is 56.4 Å². The zero-order chi connectivity index (χ0) is 24.8. The second-order valence-corrected chi connectivity index (χ2v) is 8.90. The lowest BCUT2D eigenvalue weighted by molar-refractivity contribution is -0.663. The van der Waals surface area contributed by atoms with Gasteiger partial charge in [0.1, 0.15) is 16.9 Å². The first-order valence-electron chi connectivity index (χ1n) is 11.6. The standard InChI is InChI=1S/C31H21FN3O/c1-19-8-13-24-26-15-20(17-33)14-25(23-11-9-22(10-12-23)21-6-4-3-5-7-21)30(26)36-31(24)29(19)27-16-28(32)34-18-35(27)2/h3-16,18H,1-2H3/q+1. The van der Waals surface area contributed by atoms with Gasteiger partial charge < -0.3 is 4.42 Å². The molecular weight excluding hydrogens is 449 g/mol. The van der Waals surface area contributed by atoms with Crippen LogP contribution in [0.15, 0.2) is 95.7 Å². The lowest BCUT2D eigenvalue weighted by Crippen LogP contribution is -2.32. The summed E-state index contributed by atoms with van der Waals surface area (Å²) in [4.78, 5) is 3.75. The zero-order valence-corrected chi connectivity index (χ0v) is 19.8. The molecule has 2 aromatic heterocycles. The fourth-order valence-corrected chi connectivity index (χ4v) is 4.81. The average molecular weight is 471 g/mol. The van der Waals surface area contributed by atoms with Crippen LogP contribution >= 0.6 is 0 Å². The second kappa shape index (κ2) is 8.44. The van der Waals surface area contributed by atoms with Crippen molar-refractivity contribution in [3.63, 3.8) is 0 Å². The molecule has 0 saturated carbocycles. The maximum Gasteiger partial charge on any atom is 0.325 e. The predicted molar refractivity (Wildman–Crippen MR) is 138 cm³/mol. The topological polar surface area (TPSA) is 53.7 Å². The number of benzene rings is 4. The van der Waals surface area contributed by atoms with Crippen molar-refractivity contribution in [3.8, 4) is 39.6 Å². The number of halogens is 1. The van der Waals surface area contributed by atoms with Crippen LogP contribution < -0.4 is 4.57 Å². The van der Waals surface area contributed by atoms with E-state index >= 15 is 0 Å². The van der Waals surface area contributed by atoms with Crippen molar-refractivity contribution < 1.29 is 13.4 Å². The van der Waals surface area contributed by atoms with Gasteiger partial charge in [-0.15, -0.1) is 0 Å². The molecule has 0 aliphatic rings. The van der Waals surface area contributed by atoms with E-state index in [0.717, 1.165) is 44.2 Å². The number of furan rings is 1. The minimum atomic E-state index is -0.554. The minimum absolute atomic E-state index is 0.551. The molecule has 0 saturated heterocycles. The molecule has 4 aromatic carbocycles. The van der Waals surface area contributed by atoms with E-state index < -0.39 is 5.95 Å². The Labute approximate surface area is 207 Å². The lowest BCUT2D eigenvalue weighted by atomic mass is 9.96. The van der Waals surface area contributed by atoms with Crippen LogP contribution in [0.25, 0.3) is 55.4 Å².